The molecule has 5 nitrogen and oxygen atoms in total. The zero-order valence-electron chi connectivity index (χ0n) is 12.6. The number of methoxy groups -OCH3 is 1. The van der Waals surface area contributed by atoms with Gasteiger partial charge in [0, 0.05) is 19.0 Å². The fourth-order valence-electron chi connectivity index (χ4n) is 3.06. The van der Waals surface area contributed by atoms with Crippen LogP contribution in [0.2, 0.25) is 0 Å². The van der Waals surface area contributed by atoms with Crippen LogP contribution in [0.4, 0.5) is 0 Å². The van der Waals surface area contributed by atoms with E-state index in [9.17, 15) is 4.79 Å². The van der Waals surface area contributed by atoms with E-state index in [4.69, 9.17) is 4.74 Å². The Labute approximate surface area is 124 Å². The molecule has 0 aliphatic carbocycles. The molecule has 1 amide bonds. The molecule has 2 heterocycles. The fraction of sp³-hybridized carbons (Fsp3) is 0.500. The Bertz CT molecular complexity index is 650. The molecule has 1 atom stereocenters. The predicted molar refractivity (Wildman–Crippen MR) is 81.0 cm³/mol. The van der Waals surface area contributed by atoms with Gasteiger partial charge in [0.1, 0.15) is 5.75 Å². The third-order valence-corrected chi connectivity index (χ3v) is 4.14. The Balaban J connectivity index is 1.77. The highest BCUT2D eigenvalue weighted by atomic mass is 16.5. The number of rotatable bonds is 5. The lowest BCUT2D eigenvalue weighted by molar-refractivity contribution is -0.129. The SMILES string of the molecule is CCCC1CC(=O)N(Cn2cnc3cc(OC)ccc32)C1. The van der Waals surface area contributed by atoms with Crippen LogP contribution in [0.5, 0.6) is 5.75 Å². The maximum atomic E-state index is 12.1. The molecule has 112 valence electrons. The zero-order chi connectivity index (χ0) is 14.8. The maximum absolute atomic E-state index is 12.1. The van der Waals surface area contributed by atoms with Gasteiger partial charge in [0.25, 0.3) is 0 Å². The highest BCUT2D eigenvalue weighted by molar-refractivity contribution is 5.79. The van der Waals surface area contributed by atoms with E-state index in [1.807, 2.05) is 27.7 Å². The number of benzene rings is 1. The van der Waals surface area contributed by atoms with Crippen LogP contribution in [-0.2, 0) is 11.5 Å². The number of hydrogen-bond donors (Lipinski definition) is 0. The normalized spacial score (nSPS) is 18.7. The summed E-state index contributed by atoms with van der Waals surface area (Å²) in [5, 5.41) is 0. The van der Waals surface area contributed by atoms with Crippen molar-refractivity contribution in [3.05, 3.63) is 24.5 Å². The van der Waals surface area contributed by atoms with Gasteiger partial charge in [0.2, 0.25) is 5.91 Å². The van der Waals surface area contributed by atoms with Crippen LogP contribution in [0.3, 0.4) is 0 Å². The van der Waals surface area contributed by atoms with Gasteiger partial charge in [-0.05, 0) is 24.5 Å². The summed E-state index contributed by atoms with van der Waals surface area (Å²) in [6, 6.07) is 5.83. The number of ether oxygens (including phenoxy) is 1. The first-order valence-electron chi connectivity index (χ1n) is 7.48. The van der Waals surface area contributed by atoms with E-state index in [0.717, 1.165) is 36.2 Å². The second-order valence-electron chi connectivity index (χ2n) is 5.69. The molecule has 0 spiro atoms. The third kappa shape index (κ3) is 2.73. The topological polar surface area (TPSA) is 47.4 Å². The first-order chi connectivity index (χ1) is 10.2. The summed E-state index contributed by atoms with van der Waals surface area (Å²) < 4.78 is 7.24. The van der Waals surface area contributed by atoms with Crippen molar-refractivity contribution in [1.29, 1.82) is 0 Å². The van der Waals surface area contributed by atoms with Gasteiger partial charge in [0.05, 0.1) is 31.1 Å². The van der Waals surface area contributed by atoms with Gasteiger partial charge >= 0.3 is 0 Å². The molecule has 1 saturated heterocycles. The Morgan fingerprint density at radius 2 is 2.29 bits per heavy atom. The number of nitrogens with zero attached hydrogens (tertiary/aromatic N) is 3. The van der Waals surface area contributed by atoms with Crippen molar-refractivity contribution in [1.82, 2.24) is 14.5 Å². The van der Waals surface area contributed by atoms with Crippen LogP contribution >= 0.6 is 0 Å². The van der Waals surface area contributed by atoms with Crippen LogP contribution in [0.1, 0.15) is 26.2 Å². The van der Waals surface area contributed by atoms with E-state index in [1.54, 1.807) is 13.4 Å². The summed E-state index contributed by atoms with van der Waals surface area (Å²) in [7, 11) is 1.65. The van der Waals surface area contributed by atoms with Crippen molar-refractivity contribution in [3.8, 4) is 5.75 Å². The van der Waals surface area contributed by atoms with Crippen molar-refractivity contribution in [3.63, 3.8) is 0 Å². The third-order valence-electron chi connectivity index (χ3n) is 4.14. The van der Waals surface area contributed by atoms with Crippen LogP contribution in [0.25, 0.3) is 11.0 Å². The summed E-state index contributed by atoms with van der Waals surface area (Å²) in [4.78, 5) is 18.4. The Kier molecular flexibility index (Phi) is 3.82. The van der Waals surface area contributed by atoms with Gasteiger partial charge in [-0.3, -0.25) is 4.79 Å². The highest BCUT2D eigenvalue weighted by Crippen LogP contribution is 2.24. The van der Waals surface area contributed by atoms with Gasteiger partial charge < -0.3 is 14.2 Å². The lowest BCUT2D eigenvalue weighted by atomic mass is 10.0. The summed E-state index contributed by atoms with van der Waals surface area (Å²) in [5.74, 6) is 1.56. The largest absolute Gasteiger partial charge is 0.497 e. The van der Waals surface area contributed by atoms with E-state index < -0.39 is 0 Å². The number of hydrogen-bond acceptors (Lipinski definition) is 3. The highest BCUT2D eigenvalue weighted by Gasteiger charge is 2.29. The van der Waals surface area contributed by atoms with Gasteiger partial charge in [0.15, 0.2) is 0 Å². The van der Waals surface area contributed by atoms with Gasteiger partial charge in [-0.15, -0.1) is 0 Å². The number of imidazole rings is 1. The molecule has 1 aromatic heterocycles. The molecule has 0 saturated carbocycles. The van der Waals surface area contributed by atoms with E-state index in [-0.39, 0.29) is 5.91 Å². The molecule has 1 fully saturated rings. The molecule has 2 aromatic rings. The number of aromatic nitrogens is 2. The molecule has 5 heteroatoms. The molecule has 21 heavy (non-hydrogen) atoms. The minimum Gasteiger partial charge on any atom is -0.497 e. The van der Waals surface area contributed by atoms with Crippen LogP contribution < -0.4 is 4.74 Å². The maximum Gasteiger partial charge on any atom is 0.224 e. The van der Waals surface area contributed by atoms with E-state index >= 15 is 0 Å². The van der Waals surface area contributed by atoms with Gasteiger partial charge in [-0.2, -0.15) is 0 Å². The summed E-state index contributed by atoms with van der Waals surface area (Å²) >= 11 is 0. The summed E-state index contributed by atoms with van der Waals surface area (Å²) in [6.07, 6.45) is 4.75. The smallest absolute Gasteiger partial charge is 0.224 e. The quantitative estimate of drug-likeness (QED) is 0.849. The number of carbonyl (C=O) groups is 1. The molecule has 1 aliphatic heterocycles. The number of likely N-dealkylation sites (tertiary alicyclic amines) is 1. The van der Waals surface area contributed by atoms with Crippen molar-refractivity contribution in [2.75, 3.05) is 13.7 Å². The number of amides is 1. The van der Waals surface area contributed by atoms with Crippen molar-refractivity contribution in [2.24, 2.45) is 5.92 Å². The van der Waals surface area contributed by atoms with E-state index in [2.05, 4.69) is 11.9 Å². The van der Waals surface area contributed by atoms with E-state index in [1.165, 1.54) is 0 Å². The fourth-order valence-corrected chi connectivity index (χ4v) is 3.06. The number of carbonyl (C=O) groups excluding carboxylic acids is 1. The predicted octanol–water partition coefficient (Wildman–Crippen LogP) is 2.65. The van der Waals surface area contributed by atoms with E-state index in [0.29, 0.717) is 19.0 Å². The second-order valence-corrected chi connectivity index (χ2v) is 5.69. The second kappa shape index (κ2) is 5.76. The van der Waals surface area contributed by atoms with Crippen LogP contribution in [0, 0.1) is 5.92 Å². The Morgan fingerprint density at radius 1 is 1.43 bits per heavy atom. The molecule has 1 aliphatic rings. The Morgan fingerprint density at radius 3 is 3.05 bits per heavy atom. The lowest BCUT2D eigenvalue weighted by Gasteiger charge is -2.17. The molecular weight excluding hydrogens is 266 g/mol. The first kappa shape index (κ1) is 13.9. The average Bonchev–Trinajstić information content (AvgIpc) is 3.04. The Hall–Kier alpha value is -2.04. The summed E-state index contributed by atoms with van der Waals surface area (Å²) in [6.45, 7) is 3.62. The van der Waals surface area contributed by atoms with Gasteiger partial charge in [-0.1, -0.05) is 13.3 Å². The molecule has 3 rings (SSSR count). The van der Waals surface area contributed by atoms with Crippen molar-refractivity contribution >= 4 is 16.9 Å². The molecule has 1 unspecified atom stereocenters. The minimum atomic E-state index is 0.254. The van der Waals surface area contributed by atoms with Gasteiger partial charge in [-0.25, -0.2) is 4.98 Å². The first-order valence-corrected chi connectivity index (χ1v) is 7.48. The van der Waals surface area contributed by atoms with Crippen molar-refractivity contribution in [2.45, 2.75) is 32.9 Å². The van der Waals surface area contributed by atoms with Crippen LogP contribution in [0.15, 0.2) is 24.5 Å². The van der Waals surface area contributed by atoms with Crippen LogP contribution in [-0.4, -0.2) is 34.0 Å². The number of fused-ring (bicyclic) bond motifs is 1. The summed E-state index contributed by atoms with van der Waals surface area (Å²) in [5.41, 5.74) is 1.92. The lowest BCUT2D eigenvalue weighted by Crippen LogP contribution is -2.27. The molecular formula is C16H21N3O2. The molecule has 0 N–H and O–H groups in total. The average molecular weight is 287 g/mol. The minimum absolute atomic E-state index is 0.254. The molecule has 0 bridgehead atoms. The molecule has 1 aromatic carbocycles. The van der Waals surface area contributed by atoms with Crippen molar-refractivity contribution < 1.29 is 9.53 Å². The molecule has 0 radical (unpaired) electrons. The monoisotopic (exact) mass is 287 g/mol. The standard InChI is InChI=1S/C16H21N3O2/c1-3-4-12-7-16(20)18(9-12)11-19-10-17-14-8-13(21-2)5-6-15(14)19/h5-6,8,10,12H,3-4,7,9,11H2,1-2H3. The zero-order valence-corrected chi connectivity index (χ0v) is 12.6.